The van der Waals surface area contributed by atoms with Gasteiger partial charge >= 0.3 is 6.11 Å². The molecule has 0 bridgehead atoms. The zero-order valence-electron chi connectivity index (χ0n) is 14.0. The number of rotatable bonds is 9. The van der Waals surface area contributed by atoms with Crippen molar-refractivity contribution in [3.05, 3.63) is 0 Å². The molecule has 126 valence electrons. The summed E-state index contributed by atoms with van der Waals surface area (Å²) in [6, 6.07) is 0. The van der Waals surface area contributed by atoms with Crippen LogP contribution >= 0.6 is 0 Å². The third kappa shape index (κ3) is 6.60. The number of alkyl halides is 2. The van der Waals surface area contributed by atoms with Gasteiger partial charge in [-0.05, 0) is 44.9 Å². The van der Waals surface area contributed by atoms with Crippen LogP contribution in [-0.4, -0.2) is 24.9 Å². The molecule has 21 heavy (non-hydrogen) atoms. The maximum atomic E-state index is 14.1. The fourth-order valence-electron chi connectivity index (χ4n) is 2.80. The second-order valence-corrected chi connectivity index (χ2v) is 6.53. The molecule has 0 aromatic rings. The van der Waals surface area contributed by atoms with Crippen LogP contribution in [-0.2, 0) is 9.47 Å². The lowest BCUT2D eigenvalue weighted by Gasteiger charge is -2.33. The number of hydrogen-bond acceptors (Lipinski definition) is 2. The van der Waals surface area contributed by atoms with Gasteiger partial charge in [0, 0.05) is 12.5 Å². The summed E-state index contributed by atoms with van der Waals surface area (Å²) in [7, 11) is 0. The van der Waals surface area contributed by atoms with E-state index < -0.39 is 12.0 Å². The van der Waals surface area contributed by atoms with Gasteiger partial charge in [-0.2, -0.15) is 8.78 Å². The van der Waals surface area contributed by atoms with Crippen molar-refractivity contribution in [3.8, 4) is 0 Å². The van der Waals surface area contributed by atoms with Crippen LogP contribution in [0.1, 0.15) is 72.6 Å². The maximum Gasteiger partial charge on any atom is 0.358 e. The minimum Gasteiger partial charge on any atom is -0.379 e. The van der Waals surface area contributed by atoms with Crippen LogP contribution in [0.4, 0.5) is 8.78 Å². The van der Waals surface area contributed by atoms with E-state index in [1.807, 2.05) is 6.92 Å². The number of ether oxygens (including phenoxy) is 2. The molecule has 4 heteroatoms. The summed E-state index contributed by atoms with van der Waals surface area (Å²) >= 11 is 0. The van der Waals surface area contributed by atoms with E-state index in [0.717, 1.165) is 25.7 Å². The van der Waals surface area contributed by atoms with Gasteiger partial charge in [0.25, 0.3) is 0 Å². The molecule has 1 saturated carbocycles. The van der Waals surface area contributed by atoms with E-state index in [4.69, 9.17) is 9.47 Å². The summed E-state index contributed by atoms with van der Waals surface area (Å²) in [6.45, 7) is 8.48. The summed E-state index contributed by atoms with van der Waals surface area (Å²) in [5.74, 6) is -0.207. The first kappa shape index (κ1) is 18.8. The van der Waals surface area contributed by atoms with Crippen molar-refractivity contribution in [1.82, 2.24) is 0 Å². The molecule has 1 rings (SSSR count). The predicted octanol–water partition coefficient (Wildman–Crippen LogP) is 5.41. The van der Waals surface area contributed by atoms with Gasteiger partial charge in [-0.15, -0.1) is 0 Å². The molecule has 0 amide bonds. The smallest absolute Gasteiger partial charge is 0.358 e. The molecule has 2 unspecified atom stereocenters. The lowest BCUT2D eigenvalue weighted by Crippen LogP contribution is -2.37. The van der Waals surface area contributed by atoms with Crippen molar-refractivity contribution in [1.29, 1.82) is 0 Å². The molecular formula is C17H32F2O2. The van der Waals surface area contributed by atoms with E-state index in [-0.39, 0.29) is 12.2 Å². The topological polar surface area (TPSA) is 18.5 Å². The maximum absolute atomic E-state index is 14.1. The molecule has 2 atom stereocenters. The molecule has 2 nitrogen and oxygen atoms in total. The monoisotopic (exact) mass is 306 g/mol. The summed E-state index contributed by atoms with van der Waals surface area (Å²) in [6.07, 6.45) is 2.33. The van der Waals surface area contributed by atoms with E-state index in [9.17, 15) is 8.78 Å². The molecule has 0 aliphatic heterocycles. The summed E-state index contributed by atoms with van der Waals surface area (Å²) in [5.41, 5.74) is 0. The first-order valence-electron chi connectivity index (χ1n) is 8.56. The Bertz CT molecular complexity index is 276. The minimum absolute atomic E-state index is 0.228. The van der Waals surface area contributed by atoms with Gasteiger partial charge in [0.05, 0.1) is 12.2 Å². The zero-order chi connectivity index (χ0) is 15.9. The van der Waals surface area contributed by atoms with Crippen molar-refractivity contribution in [2.75, 3.05) is 6.61 Å². The van der Waals surface area contributed by atoms with Crippen molar-refractivity contribution in [2.45, 2.75) is 91.0 Å². The van der Waals surface area contributed by atoms with E-state index in [2.05, 4.69) is 13.8 Å². The van der Waals surface area contributed by atoms with Gasteiger partial charge in [-0.3, -0.25) is 0 Å². The SMILES string of the molecule is CCOC1CCC(OC(F)(F)C(C)CCC(C)CC)CC1. The Labute approximate surface area is 128 Å². The molecule has 0 aromatic heterocycles. The van der Waals surface area contributed by atoms with E-state index >= 15 is 0 Å². The number of halogens is 2. The first-order chi connectivity index (χ1) is 9.89. The van der Waals surface area contributed by atoms with Gasteiger partial charge in [0.2, 0.25) is 0 Å². The molecule has 1 aliphatic rings. The van der Waals surface area contributed by atoms with Gasteiger partial charge in [0.1, 0.15) is 0 Å². The highest BCUT2D eigenvalue weighted by molar-refractivity contribution is 4.76. The zero-order valence-corrected chi connectivity index (χ0v) is 14.0. The van der Waals surface area contributed by atoms with Crippen LogP contribution in [0, 0.1) is 11.8 Å². The molecule has 0 N–H and O–H groups in total. The Morgan fingerprint density at radius 2 is 1.57 bits per heavy atom. The number of hydrogen-bond donors (Lipinski definition) is 0. The summed E-state index contributed by atoms with van der Waals surface area (Å²) in [5, 5.41) is 0. The first-order valence-corrected chi connectivity index (χ1v) is 8.56. The second-order valence-electron chi connectivity index (χ2n) is 6.53. The third-order valence-electron chi connectivity index (χ3n) is 4.71. The molecule has 1 fully saturated rings. The van der Waals surface area contributed by atoms with Crippen LogP contribution in [0.25, 0.3) is 0 Å². The Balaban J connectivity index is 2.34. The third-order valence-corrected chi connectivity index (χ3v) is 4.71. The average Bonchev–Trinajstić information content (AvgIpc) is 2.46. The lowest BCUT2D eigenvalue weighted by atomic mass is 9.93. The minimum atomic E-state index is -3.00. The molecule has 1 aliphatic carbocycles. The van der Waals surface area contributed by atoms with Gasteiger partial charge in [-0.1, -0.05) is 33.6 Å². The molecule has 0 heterocycles. The Kier molecular flexibility index (Phi) is 8.10. The van der Waals surface area contributed by atoms with Crippen molar-refractivity contribution < 1.29 is 18.3 Å². The van der Waals surface area contributed by atoms with E-state index in [1.54, 1.807) is 6.92 Å². The Morgan fingerprint density at radius 1 is 1.00 bits per heavy atom. The van der Waals surface area contributed by atoms with Gasteiger partial charge in [-0.25, -0.2) is 0 Å². The fraction of sp³-hybridized carbons (Fsp3) is 1.00. The largest absolute Gasteiger partial charge is 0.379 e. The predicted molar refractivity (Wildman–Crippen MR) is 81.6 cm³/mol. The molecule has 0 saturated heterocycles. The van der Waals surface area contributed by atoms with Gasteiger partial charge < -0.3 is 9.47 Å². The van der Waals surface area contributed by atoms with Crippen LogP contribution in [0.5, 0.6) is 0 Å². The van der Waals surface area contributed by atoms with E-state index in [1.165, 1.54) is 0 Å². The molecule has 0 spiro atoms. The van der Waals surface area contributed by atoms with Crippen molar-refractivity contribution in [3.63, 3.8) is 0 Å². The lowest BCUT2D eigenvalue weighted by molar-refractivity contribution is -0.296. The highest BCUT2D eigenvalue weighted by Crippen LogP contribution is 2.35. The quantitative estimate of drug-likeness (QED) is 0.567. The second kappa shape index (κ2) is 9.04. The van der Waals surface area contributed by atoms with Gasteiger partial charge in [0.15, 0.2) is 0 Å². The molecule has 0 radical (unpaired) electrons. The fourth-order valence-corrected chi connectivity index (χ4v) is 2.80. The van der Waals surface area contributed by atoms with Crippen LogP contribution < -0.4 is 0 Å². The standard InChI is InChI=1S/C17H32F2O2/c1-5-13(3)7-8-14(4)17(18,19)21-16-11-9-15(10-12-16)20-6-2/h13-16H,5-12H2,1-4H3. The Hall–Kier alpha value is -0.220. The average molecular weight is 306 g/mol. The Morgan fingerprint density at radius 3 is 2.10 bits per heavy atom. The normalized spacial score (nSPS) is 26.6. The van der Waals surface area contributed by atoms with Crippen LogP contribution in [0.15, 0.2) is 0 Å². The highest BCUT2D eigenvalue weighted by atomic mass is 19.3. The highest BCUT2D eigenvalue weighted by Gasteiger charge is 2.40. The van der Waals surface area contributed by atoms with Crippen molar-refractivity contribution in [2.24, 2.45) is 11.8 Å². The van der Waals surface area contributed by atoms with Crippen molar-refractivity contribution >= 4 is 0 Å². The van der Waals surface area contributed by atoms with Crippen LogP contribution in [0.2, 0.25) is 0 Å². The van der Waals surface area contributed by atoms with E-state index in [0.29, 0.717) is 31.8 Å². The van der Waals surface area contributed by atoms with Crippen LogP contribution in [0.3, 0.4) is 0 Å². The molecular weight excluding hydrogens is 274 g/mol. The summed E-state index contributed by atoms with van der Waals surface area (Å²) in [4.78, 5) is 0. The molecule has 0 aromatic carbocycles. The summed E-state index contributed by atoms with van der Waals surface area (Å²) < 4.78 is 39.0.